The molecule has 4 N–H and O–H groups in total. The first-order valence-electron chi connectivity index (χ1n) is 40.0. The van der Waals surface area contributed by atoms with Gasteiger partial charge < -0.3 is 58.8 Å². The van der Waals surface area contributed by atoms with Crippen molar-refractivity contribution in [3.05, 3.63) is 0 Å². The predicted molar refractivity (Wildman–Crippen MR) is 430 cm³/mol. The van der Waals surface area contributed by atoms with E-state index in [-0.39, 0.29) is 65.0 Å². The lowest BCUT2D eigenvalue weighted by atomic mass is 9.71. The van der Waals surface area contributed by atoms with E-state index in [1.165, 1.54) is 29.4 Å². The Bertz CT molecular complexity index is 2750. The fourth-order valence-corrected chi connectivity index (χ4v) is 12.7. The third-order valence-corrected chi connectivity index (χ3v) is 16.3. The maximum atomic E-state index is 17.6. The zero-order valence-electron chi connectivity index (χ0n) is 75.3. The summed E-state index contributed by atoms with van der Waals surface area (Å²) in [7, 11) is 0. The van der Waals surface area contributed by atoms with Gasteiger partial charge >= 0.3 is 59.7 Å². The number of carbonyl (C=O) groups excluding carboxylic acids is 13. The first kappa shape index (κ1) is 105. The quantitative estimate of drug-likeness (QED) is 0.0255. The number of ether oxygens (including phenoxy) is 10. The summed E-state index contributed by atoms with van der Waals surface area (Å²) < 4.78 is 59.2. The maximum absolute atomic E-state index is 17.6. The standard InChI is InChI=1S/C83H148N8O23/c1-72(2,3)105-60(93)49-86(50-61(94)106-73(4,5)6)39-43-90(44-40-87(51-62(95)107-74(7,8)9)52-63(96)108-75(10,11)12)82(35-31-33-37-84,70(103)113-80(25,26)27)68(101)58-47-57(92)48-59(58)69(102)83(36-32-34-38-85,71(104)114-81(28,29)30)91(45-41-88(53-64(97)109-76(13,14)15)54-65(98)110-77(16,17)18)46-42-89(55-66(99)111-78(19,20)21)56-67(100)112-79(22,23)24/h58-59H,31-56,84-85H2,1-30H3/t58-,59+,82-,83-/m1/s1. The van der Waals surface area contributed by atoms with Gasteiger partial charge in [-0.2, -0.15) is 0 Å². The molecule has 4 atom stereocenters. The molecule has 1 aliphatic carbocycles. The molecule has 0 saturated heterocycles. The highest BCUT2D eigenvalue weighted by atomic mass is 16.6. The molecule has 658 valence electrons. The number of esters is 10. The zero-order chi connectivity index (χ0) is 88.6. The number of ketones is 3. The van der Waals surface area contributed by atoms with Crippen molar-refractivity contribution in [2.75, 3.05) is 118 Å². The van der Waals surface area contributed by atoms with Crippen molar-refractivity contribution in [3.8, 4) is 0 Å². The molecule has 0 unspecified atom stereocenters. The van der Waals surface area contributed by atoms with Gasteiger partial charge in [-0.1, -0.05) is 0 Å². The monoisotopic (exact) mass is 1630 g/mol. The second-order valence-electron chi connectivity index (χ2n) is 39.6. The Kier molecular flexibility index (Phi) is 40.4. The highest BCUT2D eigenvalue weighted by molar-refractivity contribution is 6.17. The summed E-state index contributed by atoms with van der Waals surface area (Å²) in [6.45, 7) is 41.7. The highest BCUT2D eigenvalue weighted by Crippen LogP contribution is 2.44. The van der Waals surface area contributed by atoms with Crippen molar-refractivity contribution in [2.45, 2.75) is 326 Å². The predicted octanol–water partition coefficient (Wildman–Crippen LogP) is 7.68. The largest absolute Gasteiger partial charge is 0.459 e. The van der Waals surface area contributed by atoms with Crippen LogP contribution in [-0.2, 0) is 110 Å². The SMILES string of the molecule is CC(C)(C)OC(=O)CN(CCN(CCN(CC(=O)OC(C)(C)C)CC(=O)OC(C)(C)C)[C@@](CCCCN)(C(=O)OC(C)(C)C)C(=O)[C@H]1CC(=O)C[C@H]1C(=O)[C@](CCCCN)(C(=O)OC(C)(C)C)N(CCN(CC(=O)OC(C)(C)C)CC(=O)OC(C)(C)C)CCN(CC(=O)OC(C)(C)C)CC(=O)OC(C)(C)C)CC(=O)OC(C)(C)C. The van der Waals surface area contributed by atoms with Crippen molar-refractivity contribution in [1.82, 2.24) is 29.4 Å². The van der Waals surface area contributed by atoms with Crippen molar-refractivity contribution >= 4 is 77.0 Å². The Morgan fingerprint density at radius 3 is 0.588 bits per heavy atom. The Balaban J connectivity index is 5.34. The fraction of sp³-hybridized carbons (Fsp3) is 0.843. The minimum absolute atomic E-state index is 0.0166. The maximum Gasteiger partial charge on any atom is 0.334 e. The average molecular weight is 1630 g/mol. The van der Waals surface area contributed by atoms with Gasteiger partial charge in [0.15, 0.2) is 22.6 Å². The zero-order valence-corrected chi connectivity index (χ0v) is 75.3. The van der Waals surface area contributed by atoms with Crippen molar-refractivity contribution in [2.24, 2.45) is 23.3 Å². The van der Waals surface area contributed by atoms with Crippen LogP contribution in [-0.4, -0.2) is 291 Å². The number of unbranched alkanes of at least 4 members (excludes halogenated alkanes) is 2. The normalized spacial score (nSPS) is 16.1. The van der Waals surface area contributed by atoms with E-state index >= 15 is 24.0 Å². The molecule has 1 fully saturated rings. The lowest BCUT2D eigenvalue weighted by Crippen LogP contribution is -2.68. The molecular formula is C83H148N8O23. The van der Waals surface area contributed by atoms with E-state index in [2.05, 4.69) is 0 Å². The van der Waals surface area contributed by atoms with Crippen LogP contribution in [0, 0.1) is 11.8 Å². The number of nitrogens with two attached hydrogens (primary N) is 2. The molecular weight excluding hydrogens is 1480 g/mol. The van der Waals surface area contributed by atoms with Gasteiger partial charge in [0.1, 0.15) is 61.8 Å². The van der Waals surface area contributed by atoms with Gasteiger partial charge in [0.25, 0.3) is 0 Å². The molecule has 0 bridgehead atoms. The second-order valence-corrected chi connectivity index (χ2v) is 39.6. The molecule has 0 spiro atoms. The average Bonchev–Trinajstić information content (AvgIpc) is 1.43. The molecule has 0 heterocycles. The van der Waals surface area contributed by atoms with Crippen LogP contribution in [0.2, 0.25) is 0 Å². The molecule has 0 aliphatic heterocycles. The lowest BCUT2D eigenvalue weighted by Gasteiger charge is -2.46. The minimum atomic E-state index is -2.63. The molecule has 0 aromatic heterocycles. The van der Waals surface area contributed by atoms with Gasteiger partial charge in [0, 0.05) is 77.0 Å². The van der Waals surface area contributed by atoms with Gasteiger partial charge in [-0.05, 0) is 259 Å². The van der Waals surface area contributed by atoms with Gasteiger partial charge in [0.05, 0.1) is 52.4 Å². The van der Waals surface area contributed by atoms with E-state index in [9.17, 15) is 38.4 Å². The van der Waals surface area contributed by atoms with Gasteiger partial charge in [-0.3, -0.25) is 82.1 Å². The topological polar surface area (TPSA) is 386 Å². The number of hydrogen-bond acceptors (Lipinski definition) is 31. The van der Waals surface area contributed by atoms with Crippen molar-refractivity contribution in [3.63, 3.8) is 0 Å². The van der Waals surface area contributed by atoms with E-state index in [4.69, 9.17) is 58.8 Å². The van der Waals surface area contributed by atoms with Gasteiger partial charge in [-0.15, -0.1) is 0 Å². The highest BCUT2D eigenvalue weighted by Gasteiger charge is 2.62. The van der Waals surface area contributed by atoms with Crippen LogP contribution in [0.4, 0.5) is 0 Å². The first-order valence-corrected chi connectivity index (χ1v) is 40.0. The van der Waals surface area contributed by atoms with E-state index in [0.29, 0.717) is 0 Å². The Labute approximate surface area is 680 Å². The van der Waals surface area contributed by atoms with Crippen LogP contribution in [0.1, 0.15) is 259 Å². The smallest absolute Gasteiger partial charge is 0.334 e. The third-order valence-electron chi connectivity index (χ3n) is 16.3. The molecule has 31 nitrogen and oxygen atoms in total. The lowest BCUT2D eigenvalue weighted by molar-refractivity contribution is -0.180. The summed E-state index contributed by atoms with van der Waals surface area (Å²) in [5.41, 5.74) is -3.66. The van der Waals surface area contributed by atoms with Crippen LogP contribution in [0.3, 0.4) is 0 Å². The van der Waals surface area contributed by atoms with Crippen molar-refractivity contribution < 1.29 is 110 Å². The minimum Gasteiger partial charge on any atom is -0.459 e. The molecule has 0 aromatic rings. The van der Waals surface area contributed by atoms with Crippen LogP contribution in [0.5, 0.6) is 0 Å². The van der Waals surface area contributed by atoms with E-state index < -0.39 is 260 Å². The molecule has 1 rings (SSSR count). The fourth-order valence-electron chi connectivity index (χ4n) is 12.7. The molecule has 0 amide bonds. The molecule has 0 aromatic carbocycles. The van der Waals surface area contributed by atoms with Gasteiger partial charge in [-0.25, -0.2) is 9.59 Å². The van der Waals surface area contributed by atoms with Crippen molar-refractivity contribution in [1.29, 1.82) is 0 Å². The number of carbonyl (C=O) groups is 13. The van der Waals surface area contributed by atoms with Crippen LogP contribution in [0.15, 0.2) is 0 Å². The summed E-state index contributed by atoms with van der Waals surface area (Å²) >= 11 is 0. The van der Waals surface area contributed by atoms with Crippen LogP contribution in [0.25, 0.3) is 0 Å². The summed E-state index contributed by atoms with van der Waals surface area (Å²) in [6.07, 6.45) is -2.01. The first-order chi connectivity index (χ1) is 51.4. The van der Waals surface area contributed by atoms with E-state index in [1.807, 2.05) is 0 Å². The molecule has 114 heavy (non-hydrogen) atoms. The number of hydrogen-bond donors (Lipinski definition) is 2. The summed E-state index contributed by atoms with van der Waals surface area (Å²) in [4.78, 5) is 204. The summed E-state index contributed by atoms with van der Waals surface area (Å²) in [6, 6.07) is 0. The summed E-state index contributed by atoms with van der Waals surface area (Å²) in [5.74, 6) is -14.9. The van der Waals surface area contributed by atoms with E-state index in [1.54, 1.807) is 208 Å². The molecule has 1 saturated carbocycles. The van der Waals surface area contributed by atoms with E-state index in [0.717, 1.165) is 0 Å². The van der Waals surface area contributed by atoms with Crippen LogP contribution >= 0.6 is 0 Å². The second kappa shape index (κ2) is 43.7. The number of rotatable bonds is 44. The molecule has 0 radical (unpaired) electrons. The Morgan fingerprint density at radius 1 is 0.272 bits per heavy atom. The number of Topliss-reactive ketones (excluding diaryl/α,β-unsaturated/α-hetero) is 3. The molecule has 31 heteroatoms. The van der Waals surface area contributed by atoms with Gasteiger partial charge in [0.2, 0.25) is 0 Å². The number of nitrogens with zero attached hydrogens (tertiary/aromatic N) is 6. The molecule has 1 aliphatic rings. The Morgan fingerprint density at radius 2 is 0.439 bits per heavy atom. The third kappa shape index (κ3) is 43.0. The summed E-state index contributed by atoms with van der Waals surface area (Å²) in [5, 5.41) is 0. The Hall–Kier alpha value is -6.61. The van der Waals surface area contributed by atoms with Crippen LogP contribution < -0.4 is 11.5 Å².